The molecule has 0 bridgehead atoms. The molecule has 2 heterocycles. The van der Waals surface area contributed by atoms with E-state index in [2.05, 4.69) is 22.6 Å². The van der Waals surface area contributed by atoms with Crippen LogP contribution < -0.4 is 5.43 Å². The van der Waals surface area contributed by atoms with E-state index in [1.807, 2.05) is 0 Å². The van der Waals surface area contributed by atoms with Gasteiger partial charge in [-0.1, -0.05) is 0 Å². The number of aromatic carboxylic acids is 1. The maximum absolute atomic E-state index is 11.7. The Kier molecular flexibility index (Phi) is 2.55. The number of nitrogens with zero attached hydrogens (tertiary/aromatic N) is 1. The fourth-order valence-corrected chi connectivity index (χ4v) is 3.14. The van der Waals surface area contributed by atoms with Gasteiger partial charge in [0, 0.05) is 13.2 Å². The molecule has 2 aromatic rings. The molecule has 0 spiro atoms. The number of carbonyl (C=O) groups is 1. The van der Waals surface area contributed by atoms with Gasteiger partial charge in [-0.25, -0.2) is 4.79 Å². The summed E-state index contributed by atoms with van der Waals surface area (Å²) in [5.41, 5.74) is -0.589. The molecule has 2 aromatic heterocycles. The molecule has 0 aromatic carbocycles. The lowest BCUT2D eigenvalue weighted by Crippen LogP contribution is -2.16. The lowest BCUT2D eigenvalue weighted by molar-refractivity contribution is 0.0695. The van der Waals surface area contributed by atoms with Crippen molar-refractivity contribution in [3.05, 3.63) is 30.9 Å². The Morgan fingerprint density at radius 1 is 1.60 bits per heavy atom. The van der Waals surface area contributed by atoms with Gasteiger partial charge in [0.05, 0.1) is 8.27 Å². The number of fused-ring (bicyclic) bond motifs is 1. The Balaban J connectivity index is 2.96. The summed E-state index contributed by atoms with van der Waals surface area (Å²) < 4.78 is 2.64. The minimum absolute atomic E-state index is 0.181. The van der Waals surface area contributed by atoms with Gasteiger partial charge in [-0.3, -0.25) is 4.79 Å². The van der Waals surface area contributed by atoms with Crippen molar-refractivity contribution in [3.63, 3.8) is 0 Å². The molecule has 78 valence electrons. The van der Waals surface area contributed by atoms with E-state index >= 15 is 0 Å². The molecule has 15 heavy (non-hydrogen) atoms. The first kappa shape index (κ1) is 10.6. The molecule has 4 nitrogen and oxygen atoms in total. The number of thiophene rings is 1. The van der Waals surface area contributed by atoms with Gasteiger partial charge in [0.1, 0.15) is 10.4 Å². The third-order valence-electron chi connectivity index (χ3n) is 2.05. The van der Waals surface area contributed by atoms with Crippen molar-refractivity contribution >= 4 is 50.1 Å². The van der Waals surface area contributed by atoms with Crippen LogP contribution in [0, 0.1) is 2.88 Å². The standard InChI is InChI=1S/C9H6INO3S/c1-11-3-5(9(13)14)7(12)4-2-6(10)15-8(4)11/h2-3H,1H3,(H,13,14). The molecule has 0 aliphatic carbocycles. The van der Waals surface area contributed by atoms with Gasteiger partial charge in [-0.15, -0.1) is 11.3 Å². The second-order valence-electron chi connectivity index (χ2n) is 3.06. The van der Waals surface area contributed by atoms with E-state index in [4.69, 9.17) is 5.11 Å². The summed E-state index contributed by atoms with van der Waals surface area (Å²) in [5, 5.41) is 9.32. The molecule has 0 saturated carbocycles. The molecule has 6 heteroatoms. The maximum Gasteiger partial charge on any atom is 0.341 e. The zero-order chi connectivity index (χ0) is 11.2. The second-order valence-corrected chi connectivity index (χ2v) is 5.98. The second kappa shape index (κ2) is 3.60. The van der Waals surface area contributed by atoms with Crippen LogP contribution in [0.2, 0.25) is 0 Å². The van der Waals surface area contributed by atoms with Crippen LogP contribution in [-0.4, -0.2) is 15.6 Å². The number of halogens is 1. The third kappa shape index (κ3) is 1.67. The van der Waals surface area contributed by atoms with Crippen molar-refractivity contribution in [2.24, 2.45) is 7.05 Å². The maximum atomic E-state index is 11.7. The number of carboxylic acids is 1. The van der Waals surface area contributed by atoms with Gasteiger partial charge in [0.2, 0.25) is 5.43 Å². The summed E-state index contributed by atoms with van der Waals surface area (Å²) in [6, 6.07) is 1.72. The van der Waals surface area contributed by atoms with Gasteiger partial charge in [-0.2, -0.15) is 0 Å². The summed E-state index contributed by atoms with van der Waals surface area (Å²) in [4.78, 5) is 23.4. The monoisotopic (exact) mass is 335 g/mol. The lowest BCUT2D eigenvalue weighted by Gasteiger charge is -2.01. The molecule has 0 saturated heterocycles. The molecule has 0 amide bonds. The highest BCUT2D eigenvalue weighted by molar-refractivity contribution is 14.1. The Hall–Kier alpha value is -0.890. The van der Waals surface area contributed by atoms with Crippen LogP contribution in [0.4, 0.5) is 0 Å². The van der Waals surface area contributed by atoms with Crippen LogP contribution in [0.5, 0.6) is 0 Å². The van der Waals surface area contributed by atoms with E-state index in [1.54, 1.807) is 17.7 Å². The topological polar surface area (TPSA) is 59.3 Å². The van der Waals surface area contributed by atoms with E-state index in [1.165, 1.54) is 17.5 Å². The third-order valence-corrected chi connectivity index (χ3v) is 4.03. The molecule has 0 unspecified atom stereocenters. The van der Waals surface area contributed by atoms with Crippen molar-refractivity contribution in [3.8, 4) is 0 Å². The van der Waals surface area contributed by atoms with Crippen molar-refractivity contribution in [1.82, 2.24) is 4.57 Å². The molecule has 0 radical (unpaired) electrons. The minimum atomic E-state index is -1.18. The van der Waals surface area contributed by atoms with Crippen LogP contribution in [0.15, 0.2) is 17.1 Å². The Bertz CT molecular complexity index is 614. The van der Waals surface area contributed by atoms with E-state index in [9.17, 15) is 9.59 Å². The lowest BCUT2D eigenvalue weighted by atomic mass is 10.2. The van der Waals surface area contributed by atoms with E-state index in [0.717, 1.165) is 7.71 Å². The highest BCUT2D eigenvalue weighted by Gasteiger charge is 2.14. The molecule has 2 rings (SSSR count). The normalized spacial score (nSPS) is 10.8. The van der Waals surface area contributed by atoms with Crippen molar-refractivity contribution in [1.29, 1.82) is 0 Å². The predicted octanol–water partition coefficient (Wildman–Crippen LogP) is 1.90. The molecule has 0 aliphatic rings. The first-order chi connectivity index (χ1) is 7.00. The molecule has 0 atom stereocenters. The fourth-order valence-electron chi connectivity index (χ4n) is 1.39. The fraction of sp³-hybridized carbons (Fsp3) is 0.111. The zero-order valence-electron chi connectivity index (χ0n) is 7.65. The van der Waals surface area contributed by atoms with Crippen molar-refractivity contribution in [2.75, 3.05) is 0 Å². The van der Waals surface area contributed by atoms with Gasteiger partial charge < -0.3 is 9.67 Å². The number of hydrogen-bond acceptors (Lipinski definition) is 3. The zero-order valence-corrected chi connectivity index (χ0v) is 10.6. The summed E-state index contributed by atoms with van der Waals surface area (Å²) in [6.07, 6.45) is 1.36. The summed E-state index contributed by atoms with van der Waals surface area (Å²) in [5.74, 6) is -1.18. The summed E-state index contributed by atoms with van der Waals surface area (Å²) in [6.45, 7) is 0. The molecular formula is C9H6INO3S. The Morgan fingerprint density at radius 3 is 2.87 bits per heavy atom. The average molecular weight is 335 g/mol. The van der Waals surface area contributed by atoms with Crippen LogP contribution in [0.1, 0.15) is 10.4 Å². The molecule has 1 N–H and O–H groups in total. The molecular weight excluding hydrogens is 329 g/mol. The van der Waals surface area contributed by atoms with Gasteiger partial charge >= 0.3 is 5.97 Å². The predicted molar refractivity (Wildman–Crippen MR) is 66.7 cm³/mol. The van der Waals surface area contributed by atoms with E-state index in [-0.39, 0.29) is 5.56 Å². The highest BCUT2D eigenvalue weighted by Crippen LogP contribution is 2.24. The van der Waals surface area contributed by atoms with E-state index < -0.39 is 11.4 Å². The SMILES string of the molecule is Cn1cc(C(=O)O)c(=O)c2cc(I)sc21. The van der Waals surface area contributed by atoms with Crippen molar-refractivity contribution in [2.45, 2.75) is 0 Å². The van der Waals surface area contributed by atoms with Crippen molar-refractivity contribution < 1.29 is 9.90 Å². The van der Waals surface area contributed by atoms with Crippen LogP contribution >= 0.6 is 33.9 Å². The largest absolute Gasteiger partial charge is 0.477 e. The average Bonchev–Trinajstić information content (AvgIpc) is 2.53. The minimum Gasteiger partial charge on any atom is -0.477 e. The van der Waals surface area contributed by atoms with Gasteiger partial charge in [-0.05, 0) is 28.7 Å². The number of carboxylic acid groups (broad SMARTS) is 1. The molecule has 0 aliphatic heterocycles. The Morgan fingerprint density at radius 2 is 2.27 bits per heavy atom. The van der Waals surface area contributed by atoms with Gasteiger partial charge in [0.15, 0.2) is 0 Å². The van der Waals surface area contributed by atoms with E-state index in [0.29, 0.717) is 5.39 Å². The number of hydrogen-bond donors (Lipinski definition) is 1. The quantitative estimate of drug-likeness (QED) is 0.810. The highest BCUT2D eigenvalue weighted by atomic mass is 127. The number of pyridine rings is 1. The summed E-state index contributed by atoms with van der Waals surface area (Å²) >= 11 is 3.58. The number of aryl methyl sites for hydroxylation is 1. The summed E-state index contributed by atoms with van der Waals surface area (Å²) in [7, 11) is 1.74. The molecule has 0 fully saturated rings. The van der Waals surface area contributed by atoms with Gasteiger partial charge in [0.25, 0.3) is 0 Å². The smallest absolute Gasteiger partial charge is 0.341 e. The van der Waals surface area contributed by atoms with Crippen LogP contribution in [0.3, 0.4) is 0 Å². The Labute approximate surface area is 102 Å². The van der Waals surface area contributed by atoms with Crippen LogP contribution in [-0.2, 0) is 7.05 Å². The number of rotatable bonds is 1. The number of aromatic nitrogens is 1. The first-order valence-corrected chi connectivity index (χ1v) is 5.92. The van der Waals surface area contributed by atoms with Crippen LogP contribution in [0.25, 0.3) is 10.2 Å². The first-order valence-electron chi connectivity index (χ1n) is 4.02.